The van der Waals surface area contributed by atoms with Crippen LogP contribution in [0.15, 0.2) is 67.3 Å². The first-order valence-electron chi connectivity index (χ1n) is 13.6. The van der Waals surface area contributed by atoms with E-state index >= 15 is 0 Å². The van der Waals surface area contributed by atoms with Crippen LogP contribution in [0.3, 0.4) is 0 Å². The molecule has 5 rings (SSSR count). The minimum Gasteiger partial charge on any atom is -0.497 e. The fourth-order valence-corrected chi connectivity index (χ4v) is 6.73. The lowest BCUT2D eigenvalue weighted by Crippen LogP contribution is -2.57. The molecule has 3 aliphatic rings. The lowest BCUT2D eigenvalue weighted by molar-refractivity contribution is 0.00970. The number of hydrogen-bond acceptors (Lipinski definition) is 3. The SMILES string of the molecule is C=CCN(C)[C@]1(c2ccccc2)CC[C@@]2(CC1)CN(Cc1ccc(OC)cc1)C(=O)N2CC1CCC1. The highest BCUT2D eigenvalue weighted by atomic mass is 16.5. The average Bonchev–Trinajstić information content (AvgIpc) is 3.13. The zero-order valence-corrected chi connectivity index (χ0v) is 22.0. The number of ether oxygens (including phenoxy) is 1. The number of likely N-dealkylation sites (N-methyl/N-ethyl adjacent to an activating group) is 1. The first kappa shape index (κ1) is 24.9. The van der Waals surface area contributed by atoms with Crippen molar-refractivity contribution in [3.05, 3.63) is 78.4 Å². The van der Waals surface area contributed by atoms with Crippen molar-refractivity contribution in [2.45, 2.75) is 62.6 Å². The quantitative estimate of drug-likeness (QED) is 0.404. The molecule has 0 aromatic heterocycles. The molecule has 2 amide bonds. The number of rotatable bonds is 9. The molecule has 0 bridgehead atoms. The highest BCUT2D eigenvalue weighted by Crippen LogP contribution is 2.50. The highest BCUT2D eigenvalue weighted by Gasteiger charge is 2.55. The van der Waals surface area contributed by atoms with E-state index in [9.17, 15) is 4.79 Å². The molecule has 0 N–H and O–H groups in total. The van der Waals surface area contributed by atoms with Crippen molar-refractivity contribution in [2.24, 2.45) is 5.92 Å². The number of carbonyl (C=O) groups is 1. The van der Waals surface area contributed by atoms with E-state index in [0.29, 0.717) is 12.5 Å². The lowest BCUT2D eigenvalue weighted by Gasteiger charge is -2.52. The minimum atomic E-state index is -0.0769. The monoisotopic (exact) mass is 487 g/mol. The molecule has 1 heterocycles. The Morgan fingerprint density at radius 2 is 1.75 bits per heavy atom. The zero-order chi connectivity index (χ0) is 25.2. The second-order valence-electron chi connectivity index (χ2n) is 11.2. The van der Waals surface area contributed by atoms with E-state index in [1.54, 1.807) is 7.11 Å². The van der Waals surface area contributed by atoms with E-state index in [4.69, 9.17) is 4.74 Å². The van der Waals surface area contributed by atoms with E-state index in [1.165, 1.54) is 24.8 Å². The normalized spacial score (nSPS) is 26.5. The van der Waals surface area contributed by atoms with Gasteiger partial charge in [0.1, 0.15) is 5.75 Å². The number of nitrogens with zero attached hydrogens (tertiary/aromatic N) is 3. The van der Waals surface area contributed by atoms with Crippen molar-refractivity contribution in [3.8, 4) is 5.75 Å². The number of amides is 2. The molecule has 5 heteroatoms. The Morgan fingerprint density at radius 1 is 1.06 bits per heavy atom. The third-order valence-electron chi connectivity index (χ3n) is 9.21. The second kappa shape index (κ2) is 10.3. The Morgan fingerprint density at radius 3 is 2.33 bits per heavy atom. The van der Waals surface area contributed by atoms with Crippen LogP contribution < -0.4 is 4.74 Å². The van der Waals surface area contributed by atoms with Crippen LogP contribution in [-0.4, -0.2) is 60.1 Å². The van der Waals surface area contributed by atoms with Gasteiger partial charge in [-0.05, 0) is 74.8 Å². The van der Waals surface area contributed by atoms with Gasteiger partial charge in [-0.2, -0.15) is 0 Å². The smallest absolute Gasteiger partial charge is 0.320 e. The number of urea groups is 1. The van der Waals surface area contributed by atoms with E-state index in [2.05, 4.69) is 70.8 Å². The van der Waals surface area contributed by atoms with Crippen LogP contribution in [0, 0.1) is 5.92 Å². The Bertz CT molecular complexity index is 1040. The maximum atomic E-state index is 13.9. The molecule has 1 spiro atoms. The third kappa shape index (κ3) is 4.54. The van der Waals surface area contributed by atoms with Crippen LogP contribution >= 0.6 is 0 Å². The first-order chi connectivity index (χ1) is 17.5. The fraction of sp³-hybridized carbons (Fsp3) is 0.516. The Labute approximate surface area is 216 Å². The molecule has 1 aliphatic heterocycles. The van der Waals surface area contributed by atoms with Gasteiger partial charge in [-0.3, -0.25) is 4.90 Å². The molecule has 0 radical (unpaired) electrons. The molecule has 1 saturated heterocycles. The summed E-state index contributed by atoms with van der Waals surface area (Å²) in [6.45, 7) is 7.26. The predicted molar refractivity (Wildman–Crippen MR) is 145 cm³/mol. The van der Waals surface area contributed by atoms with Gasteiger partial charge >= 0.3 is 6.03 Å². The van der Waals surface area contributed by atoms with Crippen LogP contribution in [0.5, 0.6) is 5.75 Å². The maximum absolute atomic E-state index is 13.9. The number of carbonyl (C=O) groups excluding carboxylic acids is 1. The molecule has 192 valence electrons. The van der Waals surface area contributed by atoms with E-state index in [-0.39, 0.29) is 17.1 Å². The highest BCUT2D eigenvalue weighted by molar-refractivity contribution is 5.78. The van der Waals surface area contributed by atoms with Gasteiger partial charge in [0.15, 0.2) is 0 Å². The van der Waals surface area contributed by atoms with Crippen LogP contribution in [0.1, 0.15) is 56.1 Å². The zero-order valence-electron chi connectivity index (χ0n) is 22.0. The van der Waals surface area contributed by atoms with Crippen LogP contribution in [0.2, 0.25) is 0 Å². The van der Waals surface area contributed by atoms with Gasteiger partial charge in [0.25, 0.3) is 0 Å². The Kier molecular flexibility index (Phi) is 7.11. The molecule has 36 heavy (non-hydrogen) atoms. The van der Waals surface area contributed by atoms with Crippen LogP contribution in [0.25, 0.3) is 0 Å². The molecule has 2 aromatic carbocycles. The van der Waals surface area contributed by atoms with Crippen LogP contribution in [0.4, 0.5) is 4.79 Å². The van der Waals surface area contributed by atoms with Crippen LogP contribution in [-0.2, 0) is 12.1 Å². The summed E-state index contributed by atoms with van der Waals surface area (Å²) in [4.78, 5) is 20.7. The van der Waals surface area contributed by atoms with E-state index in [0.717, 1.165) is 56.6 Å². The van der Waals surface area contributed by atoms with Gasteiger partial charge in [0, 0.05) is 31.7 Å². The summed E-state index contributed by atoms with van der Waals surface area (Å²) in [6, 6.07) is 19.3. The van der Waals surface area contributed by atoms with Crippen molar-refractivity contribution in [2.75, 3.05) is 33.8 Å². The van der Waals surface area contributed by atoms with Crippen molar-refractivity contribution >= 4 is 6.03 Å². The number of benzene rings is 2. The summed E-state index contributed by atoms with van der Waals surface area (Å²) in [5.41, 5.74) is 2.45. The summed E-state index contributed by atoms with van der Waals surface area (Å²) in [6.07, 6.45) is 9.98. The Balaban J connectivity index is 1.40. The molecule has 0 unspecified atom stereocenters. The molecule has 5 nitrogen and oxygen atoms in total. The van der Waals surface area contributed by atoms with Gasteiger partial charge in [-0.25, -0.2) is 4.79 Å². The van der Waals surface area contributed by atoms with Crippen molar-refractivity contribution in [1.82, 2.24) is 14.7 Å². The van der Waals surface area contributed by atoms with Crippen molar-refractivity contribution in [3.63, 3.8) is 0 Å². The minimum absolute atomic E-state index is 0.0186. The van der Waals surface area contributed by atoms with Gasteiger partial charge in [0.2, 0.25) is 0 Å². The topological polar surface area (TPSA) is 36.0 Å². The van der Waals surface area contributed by atoms with Gasteiger partial charge in [-0.15, -0.1) is 6.58 Å². The number of hydrogen-bond donors (Lipinski definition) is 0. The maximum Gasteiger partial charge on any atom is 0.320 e. The summed E-state index contributed by atoms with van der Waals surface area (Å²) in [5.74, 6) is 1.51. The molecule has 2 aliphatic carbocycles. The standard InChI is InChI=1S/C31H41N3O2/c1-4-21-32(2)31(27-11-6-5-7-12-27)19-17-30(18-20-31)24-33(22-26-13-15-28(36-3)16-14-26)29(35)34(30)23-25-9-8-10-25/h4-7,11-16,25H,1,8-10,17-24H2,2-3H3/t30-,31-. The fourth-order valence-electron chi connectivity index (χ4n) is 6.73. The summed E-state index contributed by atoms with van der Waals surface area (Å²) in [5, 5.41) is 0. The third-order valence-corrected chi connectivity index (χ3v) is 9.21. The first-order valence-corrected chi connectivity index (χ1v) is 13.6. The van der Waals surface area contributed by atoms with E-state index in [1.807, 2.05) is 18.2 Å². The molecule has 2 aromatic rings. The summed E-state index contributed by atoms with van der Waals surface area (Å²) in [7, 11) is 3.92. The summed E-state index contributed by atoms with van der Waals surface area (Å²) < 4.78 is 5.32. The lowest BCUT2D eigenvalue weighted by atomic mass is 9.67. The van der Waals surface area contributed by atoms with Crippen molar-refractivity contribution in [1.29, 1.82) is 0 Å². The van der Waals surface area contributed by atoms with Gasteiger partial charge in [0.05, 0.1) is 12.6 Å². The predicted octanol–water partition coefficient (Wildman–Crippen LogP) is 6.06. The molecular weight excluding hydrogens is 446 g/mol. The summed E-state index contributed by atoms with van der Waals surface area (Å²) >= 11 is 0. The van der Waals surface area contributed by atoms with Gasteiger partial charge in [-0.1, -0.05) is 55.0 Å². The second-order valence-corrected chi connectivity index (χ2v) is 11.2. The molecule has 0 atom stereocenters. The molecular formula is C31H41N3O2. The van der Waals surface area contributed by atoms with Gasteiger partial charge < -0.3 is 14.5 Å². The largest absolute Gasteiger partial charge is 0.497 e. The Hall–Kier alpha value is -2.79. The van der Waals surface area contributed by atoms with E-state index < -0.39 is 0 Å². The molecule has 3 fully saturated rings. The number of methoxy groups -OCH3 is 1. The van der Waals surface area contributed by atoms with Crippen molar-refractivity contribution < 1.29 is 9.53 Å². The molecule has 2 saturated carbocycles. The average molecular weight is 488 g/mol.